The number of aromatic nitrogens is 4. The number of fused-ring (bicyclic) bond motifs is 2. The molecule has 20 heavy (non-hydrogen) atoms. The third kappa shape index (κ3) is 2.28. The molecule has 0 amide bonds. The molecule has 2 heterocycles. The van der Waals surface area contributed by atoms with Crippen molar-refractivity contribution in [3.63, 3.8) is 0 Å². The van der Waals surface area contributed by atoms with Gasteiger partial charge in [0.1, 0.15) is 0 Å². The van der Waals surface area contributed by atoms with E-state index in [-0.39, 0.29) is 0 Å². The summed E-state index contributed by atoms with van der Waals surface area (Å²) in [4.78, 5) is 8.36. The predicted octanol–water partition coefficient (Wildman–Crippen LogP) is 3.15. The van der Waals surface area contributed by atoms with Crippen molar-refractivity contribution in [2.24, 2.45) is 14.1 Å². The average Bonchev–Trinajstić information content (AvgIpc) is 3.05. The molecular weight excluding hydrogens is 248 g/mol. The number of rotatable bonds is 0. The Morgan fingerprint density at radius 2 is 1.05 bits per heavy atom. The first-order valence-electron chi connectivity index (χ1n) is 6.48. The first kappa shape index (κ1) is 12.4. The summed E-state index contributed by atoms with van der Waals surface area (Å²) >= 11 is 0. The number of hydrogen-bond acceptors (Lipinski definition) is 2. The van der Waals surface area contributed by atoms with Crippen LogP contribution in [-0.4, -0.2) is 19.1 Å². The van der Waals surface area contributed by atoms with Crippen LogP contribution in [0.5, 0.6) is 0 Å². The molecule has 0 unspecified atom stereocenters. The fourth-order valence-corrected chi connectivity index (χ4v) is 2.17. The van der Waals surface area contributed by atoms with Crippen molar-refractivity contribution >= 4 is 22.1 Å². The van der Waals surface area contributed by atoms with Crippen LogP contribution in [0, 0.1) is 0 Å². The first-order valence-corrected chi connectivity index (χ1v) is 6.48. The maximum Gasteiger partial charge on any atom is 0.0955 e. The molecule has 2 aromatic carbocycles. The number of aryl methyl sites for hydroxylation is 2. The summed E-state index contributed by atoms with van der Waals surface area (Å²) in [5, 5.41) is 0. The summed E-state index contributed by atoms with van der Waals surface area (Å²) in [6.45, 7) is 0. The third-order valence-corrected chi connectivity index (χ3v) is 3.26. The zero-order valence-electron chi connectivity index (χ0n) is 11.6. The number of nitrogens with zero attached hydrogens (tertiary/aromatic N) is 4. The van der Waals surface area contributed by atoms with Crippen LogP contribution in [0.1, 0.15) is 0 Å². The summed E-state index contributed by atoms with van der Waals surface area (Å²) in [6, 6.07) is 16.2. The molecule has 0 aliphatic heterocycles. The quantitative estimate of drug-likeness (QED) is 0.489. The van der Waals surface area contributed by atoms with E-state index in [0.717, 1.165) is 11.0 Å². The Kier molecular flexibility index (Phi) is 3.21. The van der Waals surface area contributed by atoms with Gasteiger partial charge in [-0.15, -0.1) is 0 Å². The summed E-state index contributed by atoms with van der Waals surface area (Å²) in [5.74, 6) is 0. The van der Waals surface area contributed by atoms with Crippen molar-refractivity contribution in [3.8, 4) is 0 Å². The van der Waals surface area contributed by atoms with Crippen LogP contribution >= 0.6 is 0 Å². The minimum Gasteiger partial charge on any atom is -0.334 e. The Balaban J connectivity index is 0.000000121. The highest BCUT2D eigenvalue weighted by Gasteiger charge is 1.94. The highest BCUT2D eigenvalue weighted by molar-refractivity contribution is 5.75. The van der Waals surface area contributed by atoms with Gasteiger partial charge in [-0.05, 0) is 24.3 Å². The molecule has 0 spiro atoms. The van der Waals surface area contributed by atoms with Gasteiger partial charge in [-0.3, -0.25) is 0 Å². The Bertz CT molecular complexity index is 770. The van der Waals surface area contributed by atoms with Gasteiger partial charge in [0.15, 0.2) is 0 Å². The SMILES string of the molecule is Cn1cnc2ccccc21.Cn1cnc2ccccc21. The third-order valence-electron chi connectivity index (χ3n) is 3.26. The van der Waals surface area contributed by atoms with Crippen molar-refractivity contribution in [1.82, 2.24) is 19.1 Å². The lowest BCUT2D eigenvalue weighted by Gasteiger charge is -1.90. The average molecular weight is 264 g/mol. The van der Waals surface area contributed by atoms with E-state index in [1.165, 1.54) is 11.0 Å². The first-order chi connectivity index (χ1) is 9.75. The van der Waals surface area contributed by atoms with Crippen LogP contribution in [0.25, 0.3) is 22.1 Å². The van der Waals surface area contributed by atoms with E-state index in [2.05, 4.69) is 22.1 Å². The van der Waals surface area contributed by atoms with Gasteiger partial charge >= 0.3 is 0 Å². The van der Waals surface area contributed by atoms with E-state index in [1.807, 2.05) is 72.3 Å². The fourth-order valence-electron chi connectivity index (χ4n) is 2.17. The van der Waals surface area contributed by atoms with Gasteiger partial charge in [0.2, 0.25) is 0 Å². The molecule has 4 nitrogen and oxygen atoms in total. The van der Waals surface area contributed by atoms with E-state index in [4.69, 9.17) is 0 Å². The van der Waals surface area contributed by atoms with Gasteiger partial charge in [-0.25, -0.2) is 9.97 Å². The molecule has 100 valence electrons. The van der Waals surface area contributed by atoms with Gasteiger partial charge in [0.25, 0.3) is 0 Å². The lowest BCUT2D eigenvalue weighted by molar-refractivity contribution is 0.948. The van der Waals surface area contributed by atoms with Crippen LogP contribution in [0.2, 0.25) is 0 Å². The lowest BCUT2D eigenvalue weighted by atomic mass is 10.3. The molecule has 0 N–H and O–H groups in total. The maximum atomic E-state index is 4.18. The van der Waals surface area contributed by atoms with Crippen LogP contribution in [-0.2, 0) is 14.1 Å². The molecule has 4 rings (SSSR count). The molecule has 0 saturated carbocycles. The monoisotopic (exact) mass is 264 g/mol. The highest BCUT2D eigenvalue weighted by atomic mass is 15.0. The predicted molar refractivity (Wildman–Crippen MR) is 81.4 cm³/mol. The van der Waals surface area contributed by atoms with E-state index in [1.54, 1.807) is 0 Å². The number of para-hydroxylation sites is 4. The zero-order valence-corrected chi connectivity index (χ0v) is 11.6. The van der Waals surface area contributed by atoms with Crippen molar-refractivity contribution < 1.29 is 0 Å². The largest absolute Gasteiger partial charge is 0.334 e. The maximum absolute atomic E-state index is 4.18. The Morgan fingerprint density at radius 3 is 1.45 bits per heavy atom. The van der Waals surface area contributed by atoms with Crippen molar-refractivity contribution in [1.29, 1.82) is 0 Å². The lowest BCUT2D eigenvalue weighted by Crippen LogP contribution is -1.81. The molecule has 0 atom stereocenters. The van der Waals surface area contributed by atoms with E-state index >= 15 is 0 Å². The Labute approximate surface area is 117 Å². The van der Waals surface area contributed by atoms with Crippen LogP contribution < -0.4 is 0 Å². The molecule has 0 fully saturated rings. The molecule has 0 bridgehead atoms. The van der Waals surface area contributed by atoms with Crippen LogP contribution in [0.15, 0.2) is 61.2 Å². The molecule has 0 aliphatic rings. The van der Waals surface area contributed by atoms with Gasteiger partial charge in [0, 0.05) is 14.1 Å². The van der Waals surface area contributed by atoms with E-state index in [0.29, 0.717) is 0 Å². The second-order valence-corrected chi connectivity index (χ2v) is 4.69. The normalized spacial score (nSPS) is 10.5. The number of benzene rings is 2. The topological polar surface area (TPSA) is 35.6 Å². The Hall–Kier alpha value is -2.62. The molecule has 0 aliphatic carbocycles. The van der Waals surface area contributed by atoms with E-state index < -0.39 is 0 Å². The molecule has 4 heteroatoms. The second kappa shape index (κ2) is 5.17. The summed E-state index contributed by atoms with van der Waals surface area (Å²) in [5.41, 5.74) is 4.49. The highest BCUT2D eigenvalue weighted by Crippen LogP contribution is 2.09. The standard InChI is InChI=1S/2C8H8N2/c2*1-10-6-9-7-4-2-3-5-8(7)10/h2*2-6H,1H3. The molecule has 2 aromatic heterocycles. The zero-order chi connectivity index (χ0) is 13.9. The molecule has 0 radical (unpaired) electrons. The fraction of sp³-hybridized carbons (Fsp3) is 0.125. The summed E-state index contributed by atoms with van der Waals surface area (Å²) in [6.07, 6.45) is 3.65. The van der Waals surface area contributed by atoms with Gasteiger partial charge < -0.3 is 9.13 Å². The minimum atomic E-state index is 1.06. The van der Waals surface area contributed by atoms with Crippen LogP contribution in [0.3, 0.4) is 0 Å². The van der Waals surface area contributed by atoms with Gasteiger partial charge in [-0.2, -0.15) is 0 Å². The van der Waals surface area contributed by atoms with Gasteiger partial charge in [-0.1, -0.05) is 24.3 Å². The van der Waals surface area contributed by atoms with Crippen molar-refractivity contribution in [2.45, 2.75) is 0 Å². The van der Waals surface area contributed by atoms with Crippen LogP contribution in [0.4, 0.5) is 0 Å². The number of imidazole rings is 2. The van der Waals surface area contributed by atoms with Crippen molar-refractivity contribution in [3.05, 3.63) is 61.2 Å². The second-order valence-electron chi connectivity index (χ2n) is 4.69. The van der Waals surface area contributed by atoms with E-state index in [9.17, 15) is 0 Å². The summed E-state index contributed by atoms with van der Waals surface area (Å²) < 4.78 is 4.02. The van der Waals surface area contributed by atoms with Gasteiger partial charge in [0.05, 0.1) is 34.7 Å². The van der Waals surface area contributed by atoms with Crippen molar-refractivity contribution in [2.75, 3.05) is 0 Å². The molecule has 4 aromatic rings. The number of hydrogen-bond donors (Lipinski definition) is 0. The molecular formula is C16H16N4. The smallest absolute Gasteiger partial charge is 0.0955 e. The Morgan fingerprint density at radius 1 is 0.650 bits per heavy atom. The molecule has 0 saturated heterocycles. The minimum absolute atomic E-state index is 1.06. The summed E-state index contributed by atoms with van der Waals surface area (Å²) in [7, 11) is 3.99.